The highest BCUT2D eigenvalue weighted by Gasteiger charge is 2.46. The summed E-state index contributed by atoms with van der Waals surface area (Å²) in [5.74, 6) is -2.22. The molecule has 4 nitrogen and oxygen atoms in total. The Morgan fingerprint density at radius 2 is 1.52 bits per heavy atom. The van der Waals surface area contributed by atoms with E-state index in [4.69, 9.17) is 0 Å². The van der Waals surface area contributed by atoms with Crippen LogP contribution in [0.2, 0.25) is 0 Å². The summed E-state index contributed by atoms with van der Waals surface area (Å²) in [5, 5.41) is 11.0. The van der Waals surface area contributed by atoms with Crippen LogP contribution in [0.15, 0.2) is 84.4 Å². The quantitative estimate of drug-likeness (QED) is 0.400. The monoisotopic (exact) mass is 387 g/mol. The molecular weight excluding hydrogens is 369 g/mol. The van der Waals surface area contributed by atoms with Gasteiger partial charge in [-0.05, 0) is 36.8 Å². The predicted molar refractivity (Wildman–Crippen MR) is 109 cm³/mol. The molecule has 1 aliphatic heterocycles. The van der Waals surface area contributed by atoms with E-state index in [1.807, 2.05) is 25.1 Å². The highest BCUT2D eigenvalue weighted by atomic mass is 19.1. The van der Waals surface area contributed by atoms with Gasteiger partial charge in [-0.15, -0.1) is 0 Å². The zero-order chi connectivity index (χ0) is 20.5. The molecule has 5 heteroatoms. The van der Waals surface area contributed by atoms with Crippen LogP contribution in [0.4, 0.5) is 10.1 Å². The lowest BCUT2D eigenvalue weighted by Gasteiger charge is -2.25. The first kappa shape index (κ1) is 18.6. The van der Waals surface area contributed by atoms with Gasteiger partial charge in [-0.2, -0.15) is 0 Å². The number of aliphatic hydroxyl groups excluding tert-OH is 1. The van der Waals surface area contributed by atoms with E-state index in [9.17, 15) is 19.1 Å². The second kappa shape index (κ2) is 7.36. The summed E-state index contributed by atoms with van der Waals surface area (Å²) in [5.41, 5.74) is 2.52. The summed E-state index contributed by atoms with van der Waals surface area (Å²) in [7, 11) is 0. The van der Waals surface area contributed by atoms with E-state index in [0.717, 1.165) is 5.56 Å². The number of halogens is 1. The minimum atomic E-state index is -0.817. The lowest BCUT2D eigenvalue weighted by Crippen LogP contribution is -2.29. The van der Waals surface area contributed by atoms with Gasteiger partial charge in [-0.3, -0.25) is 14.5 Å². The number of ketones is 1. The van der Waals surface area contributed by atoms with Crippen LogP contribution in [-0.2, 0) is 9.59 Å². The number of Topliss-reactive ketones (excluding diaryl/α,β-unsaturated/α-hetero) is 1. The Hall–Kier alpha value is -3.73. The van der Waals surface area contributed by atoms with Crippen LogP contribution in [0.3, 0.4) is 0 Å². The van der Waals surface area contributed by atoms with Crippen molar-refractivity contribution in [2.24, 2.45) is 0 Å². The van der Waals surface area contributed by atoms with Crippen LogP contribution >= 0.6 is 0 Å². The summed E-state index contributed by atoms with van der Waals surface area (Å²) in [6, 6.07) is 20.6. The van der Waals surface area contributed by atoms with Crippen molar-refractivity contribution in [3.63, 3.8) is 0 Å². The Labute approximate surface area is 167 Å². The smallest absolute Gasteiger partial charge is 0.300 e. The first-order valence-corrected chi connectivity index (χ1v) is 9.16. The molecule has 0 aromatic heterocycles. The van der Waals surface area contributed by atoms with Crippen molar-refractivity contribution in [2.75, 3.05) is 4.90 Å². The Balaban J connectivity index is 1.93. The van der Waals surface area contributed by atoms with Gasteiger partial charge in [0.05, 0.1) is 11.6 Å². The molecule has 3 aromatic carbocycles. The number of benzene rings is 3. The molecule has 0 bridgehead atoms. The van der Waals surface area contributed by atoms with Crippen LogP contribution in [0.5, 0.6) is 0 Å². The molecule has 1 atom stereocenters. The molecule has 1 heterocycles. The Kier molecular flexibility index (Phi) is 4.72. The van der Waals surface area contributed by atoms with E-state index >= 15 is 0 Å². The Morgan fingerprint density at radius 3 is 2.14 bits per heavy atom. The predicted octanol–water partition coefficient (Wildman–Crippen LogP) is 4.76. The zero-order valence-corrected chi connectivity index (χ0v) is 15.7. The van der Waals surface area contributed by atoms with Crippen LogP contribution in [0, 0.1) is 12.7 Å². The summed E-state index contributed by atoms with van der Waals surface area (Å²) < 4.78 is 13.4. The average molecular weight is 387 g/mol. The van der Waals surface area contributed by atoms with Crippen LogP contribution in [0.25, 0.3) is 5.76 Å². The van der Waals surface area contributed by atoms with Gasteiger partial charge in [-0.25, -0.2) is 4.39 Å². The van der Waals surface area contributed by atoms with Crippen molar-refractivity contribution in [1.29, 1.82) is 0 Å². The van der Waals surface area contributed by atoms with E-state index in [1.165, 1.54) is 29.2 Å². The third-order valence-corrected chi connectivity index (χ3v) is 4.99. The molecule has 1 aliphatic rings. The van der Waals surface area contributed by atoms with Crippen LogP contribution < -0.4 is 4.90 Å². The number of aliphatic hydroxyl groups is 1. The number of anilines is 1. The molecule has 3 aromatic rings. The summed E-state index contributed by atoms with van der Waals surface area (Å²) in [6.07, 6.45) is 0. The molecule has 0 saturated carbocycles. The van der Waals surface area contributed by atoms with Gasteiger partial charge in [0.15, 0.2) is 0 Å². The number of carbonyl (C=O) groups is 2. The Morgan fingerprint density at radius 1 is 0.897 bits per heavy atom. The summed E-state index contributed by atoms with van der Waals surface area (Å²) in [4.78, 5) is 27.2. The van der Waals surface area contributed by atoms with E-state index in [0.29, 0.717) is 16.8 Å². The van der Waals surface area contributed by atoms with Crippen molar-refractivity contribution in [2.45, 2.75) is 13.0 Å². The number of rotatable bonds is 3. The number of nitrogens with zero attached hydrogens (tertiary/aromatic N) is 1. The van der Waals surface area contributed by atoms with E-state index in [-0.39, 0.29) is 11.3 Å². The van der Waals surface area contributed by atoms with Crippen molar-refractivity contribution in [3.05, 3.63) is 107 Å². The highest BCUT2D eigenvalue weighted by Crippen LogP contribution is 2.42. The number of aryl methyl sites for hydroxylation is 1. The van der Waals surface area contributed by atoms with Crippen LogP contribution in [-0.4, -0.2) is 16.8 Å². The average Bonchev–Trinajstić information content (AvgIpc) is 3.00. The molecule has 1 saturated heterocycles. The fraction of sp³-hybridized carbons (Fsp3) is 0.0833. The normalized spacial score (nSPS) is 18.3. The minimum Gasteiger partial charge on any atom is -0.507 e. The number of hydrogen-bond acceptors (Lipinski definition) is 3. The highest BCUT2D eigenvalue weighted by molar-refractivity contribution is 6.51. The lowest BCUT2D eigenvalue weighted by atomic mass is 9.95. The van der Waals surface area contributed by atoms with E-state index in [1.54, 1.807) is 36.4 Å². The number of hydrogen-bond donors (Lipinski definition) is 1. The van der Waals surface area contributed by atoms with Gasteiger partial charge in [-0.1, -0.05) is 60.2 Å². The second-order valence-corrected chi connectivity index (χ2v) is 6.92. The Bertz CT molecular complexity index is 1100. The van der Waals surface area contributed by atoms with Crippen molar-refractivity contribution < 1.29 is 19.1 Å². The van der Waals surface area contributed by atoms with Gasteiger partial charge in [0.2, 0.25) is 0 Å². The number of amides is 1. The summed E-state index contributed by atoms with van der Waals surface area (Å²) >= 11 is 0. The van der Waals surface area contributed by atoms with Crippen LogP contribution in [0.1, 0.15) is 22.7 Å². The topological polar surface area (TPSA) is 57.6 Å². The molecule has 29 heavy (non-hydrogen) atoms. The maximum atomic E-state index is 13.4. The molecule has 0 radical (unpaired) electrons. The molecule has 144 valence electrons. The molecule has 1 fully saturated rings. The molecular formula is C24H18FNO3. The van der Waals surface area contributed by atoms with Gasteiger partial charge in [0.25, 0.3) is 11.7 Å². The largest absolute Gasteiger partial charge is 0.507 e. The molecule has 0 spiro atoms. The maximum absolute atomic E-state index is 13.4. The lowest BCUT2D eigenvalue weighted by molar-refractivity contribution is -0.132. The van der Waals surface area contributed by atoms with Crippen molar-refractivity contribution in [3.8, 4) is 0 Å². The molecule has 0 unspecified atom stereocenters. The van der Waals surface area contributed by atoms with Gasteiger partial charge in [0, 0.05) is 11.3 Å². The SMILES string of the molecule is Cc1ccc(C(O)=C2C(=O)C(=O)N(c3ccc(F)cc3)[C@H]2c2ccccc2)cc1. The van der Waals surface area contributed by atoms with E-state index in [2.05, 4.69) is 0 Å². The first-order chi connectivity index (χ1) is 14.0. The van der Waals surface area contributed by atoms with Gasteiger partial charge >= 0.3 is 0 Å². The minimum absolute atomic E-state index is 0.00868. The molecule has 1 N–H and O–H groups in total. The first-order valence-electron chi connectivity index (χ1n) is 9.16. The van der Waals surface area contributed by atoms with Crippen molar-refractivity contribution >= 4 is 23.1 Å². The molecule has 4 rings (SSSR count). The van der Waals surface area contributed by atoms with E-state index < -0.39 is 23.5 Å². The molecule has 0 aliphatic carbocycles. The number of carbonyl (C=O) groups excluding carboxylic acids is 2. The summed E-state index contributed by atoms with van der Waals surface area (Å²) in [6.45, 7) is 1.92. The fourth-order valence-corrected chi connectivity index (χ4v) is 3.52. The zero-order valence-electron chi connectivity index (χ0n) is 15.7. The van der Waals surface area contributed by atoms with Crippen molar-refractivity contribution in [1.82, 2.24) is 0 Å². The molecule has 1 amide bonds. The third kappa shape index (κ3) is 3.31. The fourth-order valence-electron chi connectivity index (χ4n) is 3.52. The second-order valence-electron chi connectivity index (χ2n) is 6.92. The van der Waals surface area contributed by atoms with Gasteiger partial charge < -0.3 is 5.11 Å². The standard InChI is InChI=1S/C24H18FNO3/c1-15-7-9-17(10-8-15)22(27)20-21(16-5-3-2-4-6-16)26(24(29)23(20)28)19-13-11-18(25)12-14-19/h2-14,21,27H,1H3/t21-/m0/s1. The third-order valence-electron chi connectivity index (χ3n) is 4.99. The van der Waals surface area contributed by atoms with Gasteiger partial charge in [0.1, 0.15) is 11.6 Å². The maximum Gasteiger partial charge on any atom is 0.300 e.